The minimum absolute atomic E-state index is 0. The van der Waals surface area contributed by atoms with Gasteiger partial charge in [0, 0.05) is 12.2 Å². The van der Waals surface area contributed by atoms with Crippen molar-refractivity contribution in [3.63, 3.8) is 0 Å². The van der Waals surface area contributed by atoms with Gasteiger partial charge in [0.2, 0.25) is 0 Å². The van der Waals surface area contributed by atoms with Crippen molar-refractivity contribution in [1.29, 1.82) is 0 Å². The second kappa shape index (κ2) is 7.06. The average Bonchev–Trinajstić information content (AvgIpc) is 2.76. The Morgan fingerprint density at radius 2 is 1.87 bits per heavy atom. The van der Waals surface area contributed by atoms with Crippen molar-refractivity contribution in [3.8, 4) is 0 Å². The van der Waals surface area contributed by atoms with Gasteiger partial charge in [0.25, 0.3) is 5.91 Å². The standard InChI is InChI=1S/C15H15F3N2O2.ClH/c1-8-3-13(9(2)22-8)14(21)20-12-5-10(7-19)4-11(6-12)15(16,17)18;/h3-6H,7,19H2,1-2H3,(H,20,21);1H. The van der Waals surface area contributed by atoms with Gasteiger partial charge in [0.15, 0.2) is 0 Å². The molecule has 1 aromatic heterocycles. The molecule has 0 spiro atoms. The number of carbonyl (C=O) groups is 1. The number of rotatable bonds is 3. The number of amides is 1. The molecule has 0 aliphatic rings. The Hall–Kier alpha value is -1.99. The lowest BCUT2D eigenvalue weighted by Gasteiger charge is -2.12. The largest absolute Gasteiger partial charge is 0.466 e. The maximum Gasteiger partial charge on any atom is 0.416 e. The van der Waals surface area contributed by atoms with Gasteiger partial charge in [-0.2, -0.15) is 13.2 Å². The summed E-state index contributed by atoms with van der Waals surface area (Å²) in [5.41, 5.74) is 5.15. The zero-order valence-electron chi connectivity index (χ0n) is 12.5. The summed E-state index contributed by atoms with van der Waals surface area (Å²) in [6, 6.07) is 4.78. The number of halogens is 4. The van der Waals surface area contributed by atoms with E-state index in [-0.39, 0.29) is 35.8 Å². The van der Waals surface area contributed by atoms with Crippen LogP contribution in [-0.4, -0.2) is 5.91 Å². The van der Waals surface area contributed by atoms with Crippen LogP contribution >= 0.6 is 12.4 Å². The first-order valence-electron chi connectivity index (χ1n) is 6.50. The van der Waals surface area contributed by atoms with Crippen LogP contribution in [0.5, 0.6) is 0 Å². The second-order valence-corrected chi connectivity index (χ2v) is 4.90. The van der Waals surface area contributed by atoms with Gasteiger partial charge in [0.05, 0.1) is 11.1 Å². The Bertz CT molecular complexity index is 711. The fourth-order valence-corrected chi connectivity index (χ4v) is 2.10. The van der Waals surface area contributed by atoms with Crippen LogP contribution in [0, 0.1) is 13.8 Å². The van der Waals surface area contributed by atoms with Gasteiger partial charge in [-0.05, 0) is 43.7 Å². The van der Waals surface area contributed by atoms with E-state index in [1.807, 2.05) is 0 Å². The third kappa shape index (κ3) is 4.49. The fourth-order valence-electron chi connectivity index (χ4n) is 2.10. The molecular weight excluding hydrogens is 333 g/mol. The van der Waals surface area contributed by atoms with Gasteiger partial charge in [-0.15, -0.1) is 12.4 Å². The molecule has 2 rings (SSSR count). The van der Waals surface area contributed by atoms with E-state index >= 15 is 0 Å². The first-order valence-corrected chi connectivity index (χ1v) is 6.50. The molecule has 1 aromatic carbocycles. The molecule has 4 nitrogen and oxygen atoms in total. The second-order valence-electron chi connectivity index (χ2n) is 4.90. The van der Waals surface area contributed by atoms with E-state index in [0.717, 1.165) is 12.1 Å². The van der Waals surface area contributed by atoms with Crippen molar-refractivity contribution in [1.82, 2.24) is 0 Å². The lowest BCUT2D eigenvalue weighted by atomic mass is 10.1. The summed E-state index contributed by atoms with van der Waals surface area (Å²) in [4.78, 5) is 12.1. The lowest BCUT2D eigenvalue weighted by molar-refractivity contribution is -0.137. The average molecular weight is 349 g/mol. The molecule has 8 heteroatoms. The van der Waals surface area contributed by atoms with Gasteiger partial charge >= 0.3 is 6.18 Å². The number of carbonyl (C=O) groups excluding carboxylic acids is 1. The third-order valence-corrected chi connectivity index (χ3v) is 3.10. The van der Waals surface area contributed by atoms with Crippen molar-refractivity contribution >= 4 is 24.0 Å². The molecule has 126 valence electrons. The molecule has 1 amide bonds. The molecule has 0 atom stereocenters. The van der Waals surface area contributed by atoms with Crippen molar-refractivity contribution in [2.75, 3.05) is 5.32 Å². The Morgan fingerprint density at radius 3 is 2.35 bits per heavy atom. The van der Waals surface area contributed by atoms with Crippen LogP contribution in [0.1, 0.15) is 33.0 Å². The first-order chi connectivity index (χ1) is 10.2. The minimum Gasteiger partial charge on any atom is -0.466 e. The maximum atomic E-state index is 12.8. The number of hydrogen-bond donors (Lipinski definition) is 2. The normalized spacial score (nSPS) is 11.0. The smallest absolute Gasteiger partial charge is 0.416 e. The molecule has 0 bridgehead atoms. The highest BCUT2D eigenvalue weighted by Crippen LogP contribution is 2.32. The minimum atomic E-state index is -4.51. The van der Waals surface area contributed by atoms with E-state index in [2.05, 4.69) is 5.32 Å². The highest BCUT2D eigenvalue weighted by Gasteiger charge is 2.31. The van der Waals surface area contributed by atoms with E-state index in [4.69, 9.17) is 10.2 Å². The number of benzene rings is 1. The van der Waals surface area contributed by atoms with E-state index < -0.39 is 17.6 Å². The number of anilines is 1. The molecule has 23 heavy (non-hydrogen) atoms. The Kier molecular flexibility index (Phi) is 5.85. The van der Waals surface area contributed by atoms with Crippen LogP contribution in [0.4, 0.5) is 18.9 Å². The molecule has 0 aliphatic heterocycles. The van der Waals surface area contributed by atoms with Gasteiger partial charge in [0.1, 0.15) is 11.5 Å². The molecule has 0 radical (unpaired) electrons. The molecule has 0 fully saturated rings. The molecule has 3 N–H and O–H groups in total. The predicted molar refractivity (Wildman–Crippen MR) is 82.7 cm³/mol. The summed E-state index contributed by atoms with van der Waals surface area (Å²) in [5.74, 6) is 0.423. The van der Waals surface area contributed by atoms with E-state index in [9.17, 15) is 18.0 Å². The summed E-state index contributed by atoms with van der Waals surface area (Å²) < 4.78 is 43.8. The van der Waals surface area contributed by atoms with Crippen LogP contribution in [0.15, 0.2) is 28.7 Å². The van der Waals surface area contributed by atoms with Crippen molar-refractivity contribution in [2.24, 2.45) is 5.73 Å². The summed E-state index contributed by atoms with van der Waals surface area (Å²) in [6.45, 7) is 3.23. The molecule has 0 saturated heterocycles. The first kappa shape index (κ1) is 19.1. The van der Waals surface area contributed by atoms with E-state index in [1.165, 1.54) is 12.1 Å². The maximum absolute atomic E-state index is 12.8. The predicted octanol–water partition coefficient (Wildman–Crippen LogP) is 4.05. The molecule has 2 aromatic rings. The molecule has 0 aliphatic carbocycles. The van der Waals surface area contributed by atoms with E-state index in [0.29, 0.717) is 11.5 Å². The van der Waals surface area contributed by atoms with Crippen LogP contribution < -0.4 is 11.1 Å². The van der Waals surface area contributed by atoms with Gasteiger partial charge in [-0.1, -0.05) is 0 Å². The Balaban J connectivity index is 0.00000264. The van der Waals surface area contributed by atoms with Gasteiger partial charge in [-0.3, -0.25) is 4.79 Å². The Morgan fingerprint density at radius 1 is 1.22 bits per heavy atom. The van der Waals surface area contributed by atoms with Crippen molar-refractivity contribution in [2.45, 2.75) is 26.6 Å². The SMILES string of the molecule is Cc1cc(C(=O)Nc2cc(CN)cc(C(F)(F)F)c2)c(C)o1.Cl. The topological polar surface area (TPSA) is 68.3 Å². The quantitative estimate of drug-likeness (QED) is 0.879. The summed E-state index contributed by atoms with van der Waals surface area (Å²) in [6.07, 6.45) is -4.51. The number of furan rings is 1. The van der Waals surface area contributed by atoms with Crippen LogP contribution in [-0.2, 0) is 12.7 Å². The summed E-state index contributed by atoms with van der Waals surface area (Å²) in [5, 5.41) is 2.45. The zero-order chi connectivity index (χ0) is 16.5. The highest BCUT2D eigenvalue weighted by molar-refractivity contribution is 6.05. The van der Waals surface area contributed by atoms with Crippen LogP contribution in [0.25, 0.3) is 0 Å². The fraction of sp³-hybridized carbons (Fsp3) is 0.267. The van der Waals surface area contributed by atoms with E-state index in [1.54, 1.807) is 13.8 Å². The molecule has 0 saturated carbocycles. The summed E-state index contributed by atoms with van der Waals surface area (Å²) in [7, 11) is 0. The van der Waals surface area contributed by atoms with Gasteiger partial charge < -0.3 is 15.5 Å². The molecule has 1 heterocycles. The van der Waals surface area contributed by atoms with Crippen LogP contribution in [0.3, 0.4) is 0 Å². The van der Waals surface area contributed by atoms with Gasteiger partial charge in [-0.25, -0.2) is 0 Å². The number of nitrogens with two attached hydrogens (primary N) is 1. The number of alkyl halides is 3. The zero-order valence-corrected chi connectivity index (χ0v) is 13.3. The molecule has 0 unspecified atom stereocenters. The monoisotopic (exact) mass is 348 g/mol. The highest BCUT2D eigenvalue weighted by atomic mass is 35.5. The number of aryl methyl sites for hydroxylation is 2. The lowest BCUT2D eigenvalue weighted by Crippen LogP contribution is -2.14. The number of hydrogen-bond acceptors (Lipinski definition) is 3. The van der Waals surface area contributed by atoms with Crippen molar-refractivity contribution in [3.05, 3.63) is 52.5 Å². The van der Waals surface area contributed by atoms with Crippen molar-refractivity contribution < 1.29 is 22.4 Å². The molecular formula is C15H16ClF3N2O2. The number of nitrogens with one attached hydrogen (secondary N) is 1. The summed E-state index contributed by atoms with van der Waals surface area (Å²) >= 11 is 0. The Labute approximate surface area is 137 Å². The third-order valence-electron chi connectivity index (χ3n) is 3.10. The van der Waals surface area contributed by atoms with Crippen LogP contribution in [0.2, 0.25) is 0 Å².